The first-order chi connectivity index (χ1) is 9.67. The van der Waals surface area contributed by atoms with Crippen LogP contribution in [0.5, 0.6) is 0 Å². The van der Waals surface area contributed by atoms with Crippen LogP contribution in [0.15, 0.2) is 21.7 Å². The van der Waals surface area contributed by atoms with Crippen molar-refractivity contribution < 1.29 is 0 Å². The molecule has 0 aromatic carbocycles. The standard InChI is InChI=1S/C9H12Cl2.C4H11N.2C2H6/c1-2-4-7-5-3-6-8(10)9(7)11;1-3-4-5-2;2*1-2/h6H,2-5H2,1H3;5H,3-4H2,1-2H3;2*1-2H3. The minimum Gasteiger partial charge on any atom is -0.320 e. The van der Waals surface area contributed by atoms with E-state index in [2.05, 4.69) is 19.2 Å². The summed E-state index contributed by atoms with van der Waals surface area (Å²) in [5, 5.41) is 4.55. The molecule has 20 heavy (non-hydrogen) atoms. The van der Waals surface area contributed by atoms with Crippen LogP contribution in [0.2, 0.25) is 0 Å². The van der Waals surface area contributed by atoms with Gasteiger partial charge in [-0.25, -0.2) is 0 Å². The molecule has 0 saturated carbocycles. The summed E-state index contributed by atoms with van der Waals surface area (Å²) in [5.74, 6) is 0. The van der Waals surface area contributed by atoms with E-state index in [4.69, 9.17) is 23.2 Å². The molecular formula is C17H35Cl2N. The first kappa shape index (κ1) is 25.0. The Labute approximate surface area is 137 Å². The Morgan fingerprint density at radius 2 is 1.60 bits per heavy atom. The Morgan fingerprint density at radius 3 is 1.95 bits per heavy atom. The highest BCUT2D eigenvalue weighted by Crippen LogP contribution is 2.32. The van der Waals surface area contributed by atoms with Crippen LogP contribution in [0, 0.1) is 0 Å². The molecule has 0 radical (unpaired) electrons. The van der Waals surface area contributed by atoms with E-state index in [1.165, 1.54) is 12.0 Å². The fourth-order valence-corrected chi connectivity index (χ4v) is 2.04. The number of halogens is 2. The van der Waals surface area contributed by atoms with Crippen molar-refractivity contribution in [2.45, 2.75) is 73.6 Å². The summed E-state index contributed by atoms with van der Waals surface area (Å²) in [6.07, 6.45) is 7.59. The molecule has 3 heteroatoms. The number of hydrogen-bond donors (Lipinski definition) is 1. The predicted molar refractivity (Wildman–Crippen MR) is 97.9 cm³/mol. The second kappa shape index (κ2) is 21.3. The fourth-order valence-electron chi connectivity index (χ4n) is 1.53. The summed E-state index contributed by atoms with van der Waals surface area (Å²) in [5.41, 5.74) is 1.32. The third-order valence-corrected chi connectivity index (χ3v) is 3.25. The van der Waals surface area contributed by atoms with Crippen LogP contribution in [0.4, 0.5) is 0 Å². The van der Waals surface area contributed by atoms with Crippen LogP contribution < -0.4 is 5.32 Å². The van der Waals surface area contributed by atoms with Crippen molar-refractivity contribution in [3.05, 3.63) is 21.7 Å². The summed E-state index contributed by atoms with van der Waals surface area (Å²) in [6.45, 7) is 13.4. The van der Waals surface area contributed by atoms with Gasteiger partial charge in [0.15, 0.2) is 0 Å². The zero-order valence-corrected chi connectivity index (χ0v) is 16.1. The molecule has 0 heterocycles. The molecule has 0 aromatic rings. The summed E-state index contributed by atoms with van der Waals surface area (Å²) >= 11 is 11.9. The van der Waals surface area contributed by atoms with Gasteiger partial charge in [-0.15, -0.1) is 0 Å². The van der Waals surface area contributed by atoms with Crippen molar-refractivity contribution >= 4 is 23.2 Å². The number of allylic oxidation sites excluding steroid dienone is 4. The molecule has 0 aromatic heterocycles. The lowest BCUT2D eigenvalue weighted by Gasteiger charge is -2.12. The topological polar surface area (TPSA) is 12.0 Å². The molecule has 0 atom stereocenters. The van der Waals surface area contributed by atoms with Gasteiger partial charge < -0.3 is 5.32 Å². The maximum atomic E-state index is 5.99. The SMILES string of the molecule is CC.CC.CCCC1=C(Cl)C(Cl)=CCC1.CCCNC. The van der Waals surface area contributed by atoms with Crippen LogP contribution >= 0.6 is 23.2 Å². The van der Waals surface area contributed by atoms with Gasteiger partial charge in [0.1, 0.15) is 0 Å². The van der Waals surface area contributed by atoms with E-state index >= 15 is 0 Å². The van der Waals surface area contributed by atoms with E-state index in [0.717, 1.165) is 42.3 Å². The van der Waals surface area contributed by atoms with Gasteiger partial charge >= 0.3 is 0 Å². The lowest BCUT2D eigenvalue weighted by atomic mass is 10.0. The zero-order valence-electron chi connectivity index (χ0n) is 14.6. The highest BCUT2D eigenvalue weighted by Gasteiger charge is 2.10. The molecule has 0 saturated heterocycles. The summed E-state index contributed by atoms with van der Waals surface area (Å²) in [4.78, 5) is 0. The van der Waals surface area contributed by atoms with Gasteiger partial charge in [0.2, 0.25) is 0 Å². The van der Waals surface area contributed by atoms with Crippen LogP contribution in [-0.4, -0.2) is 13.6 Å². The number of nitrogens with one attached hydrogen (secondary N) is 1. The molecule has 0 bridgehead atoms. The van der Waals surface area contributed by atoms with Crippen LogP contribution in [0.1, 0.15) is 73.6 Å². The van der Waals surface area contributed by atoms with E-state index in [9.17, 15) is 0 Å². The Balaban J connectivity index is -0.000000272. The van der Waals surface area contributed by atoms with E-state index in [0.29, 0.717) is 0 Å². The third-order valence-electron chi connectivity index (χ3n) is 2.34. The van der Waals surface area contributed by atoms with Crippen molar-refractivity contribution in [2.24, 2.45) is 0 Å². The smallest absolute Gasteiger partial charge is 0.0581 e. The first-order valence-corrected chi connectivity index (χ1v) is 8.81. The Hall–Kier alpha value is 0.0200. The molecule has 1 nitrogen and oxygen atoms in total. The van der Waals surface area contributed by atoms with Crippen LogP contribution in [0.3, 0.4) is 0 Å². The van der Waals surface area contributed by atoms with Gasteiger partial charge in [-0.1, -0.05) is 77.2 Å². The third kappa shape index (κ3) is 14.4. The van der Waals surface area contributed by atoms with Crippen molar-refractivity contribution in [3.63, 3.8) is 0 Å². The lowest BCUT2D eigenvalue weighted by molar-refractivity contribution is 0.772. The molecule has 1 N–H and O–H groups in total. The normalized spacial score (nSPS) is 12.9. The van der Waals surface area contributed by atoms with Gasteiger partial charge in [-0.3, -0.25) is 0 Å². The minimum absolute atomic E-state index is 0.737. The second-order valence-corrected chi connectivity index (χ2v) is 4.65. The zero-order chi connectivity index (χ0) is 16.4. The molecule has 0 amide bonds. The van der Waals surface area contributed by atoms with Crippen molar-refractivity contribution in [2.75, 3.05) is 13.6 Å². The van der Waals surface area contributed by atoms with Gasteiger partial charge in [0.25, 0.3) is 0 Å². The molecule has 0 spiro atoms. The van der Waals surface area contributed by atoms with Crippen molar-refractivity contribution in [1.29, 1.82) is 0 Å². The molecule has 1 rings (SSSR count). The molecule has 0 fully saturated rings. The second-order valence-electron chi connectivity index (χ2n) is 3.86. The predicted octanol–water partition coefficient (Wildman–Crippen LogP) is 6.86. The largest absolute Gasteiger partial charge is 0.320 e. The van der Waals surface area contributed by atoms with Crippen LogP contribution in [0.25, 0.3) is 0 Å². The summed E-state index contributed by atoms with van der Waals surface area (Å²) in [7, 11) is 1.96. The number of hydrogen-bond acceptors (Lipinski definition) is 1. The molecule has 1 aliphatic rings. The first-order valence-electron chi connectivity index (χ1n) is 8.05. The molecule has 0 aliphatic heterocycles. The highest BCUT2D eigenvalue weighted by molar-refractivity contribution is 6.44. The van der Waals surface area contributed by atoms with E-state index in [1.807, 2.05) is 40.8 Å². The quantitative estimate of drug-likeness (QED) is 0.595. The van der Waals surface area contributed by atoms with Crippen molar-refractivity contribution in [3.8, 4) is 0 Å². The monoisotopic (exact) mass is 323 g/mol. The Bertz CT molecular complexity index is 243. The lowest BCUT2D eigenvalue weighted by Crippen LogP contribution is -2.04. The fraction of sp³-hybridized carbons (Fsp3) is 0.765. The van der Waals surface area contributed by atoms with E-state index in [-0.39, 0.29) is 0 Å². The minimum atomic E-state index is 0.737. The van der Waals surface area contributed by atoms with E-state index in [1.54, 1.807) is 0 Å². The average Bonchev–Trinajstić information content (AvgIpc) is 2.50. The van der Waals surface area contributed by atoms with Crippen LogP contribution in [-0.2, 0) is 0 Å². The maximum Gasteiger partial charge on any atom is 0.0581 e. The summed E-state index contributed by atoms with van der Waals surface area (Å²) < 4.78 is 0. The Morgan fingerprint density at radius 1 is 1.05 bits per heavy atom. The molecule has 0 unspecified atom stereocenters. The van der Waals surface area contributed by atoms with Gasteiger partial charge in [0, 0.05) is 0 Å². The highest BCUT2D eigenvalue weighted by atomic mass is 35.5. The summed E-state index contributed by atoms with van der Waals surface area (Å²) in [6, 6.07) is 0. The Kier molecular flexibility index (Phi) is 26.7. The van der Waals surface area contributed by atoms with Gasteiger partial charge in [-0.05, 0) is 44.8 Å². The molecule has 1 aliphatic carbocycles. The van der Waals surface area contributed by atoms with Gasteiger partial charge in [-0.2, -0.15) is 0 Å². The molecular weight excluding hydrogens is 289 g/mol. The van der Waals surface area contributed by atoms with Gasteiger partial charge in [0.05, 0.1) is 10.1 Å². The van der Waals surface area contributed by atoms with E-state index < -0.39 is 0 Å². The maximum absolute atomic E-state index is 5.99. The van der Waals surface area contributed by atoms with Crippen molar-refractivity contribution in [1.82, 2.24) is 5.32 Å². The molecule has 122 valence electrons. The number of rotatable bonds is 4. The average molecular weight is 324 g/mol.